The van der Waals surface area contributed by atoms with Crippen LogP contribution in [-0.4, -0.2) is 43.5 Å². The second-order valence-electron chi connectivity index (χ2n) is 4.57. The number of ether oxygens (including phenoxy) is 1. The van der Waals surface area contributed by atoms with E-state index in [-0.39, 0.29) is 24.8 Å². The Morgan fingerprint density at radius 3 is 2.71 bits per heavy atom. The molecule has 0 aliphatic rings. The number of carbonyl (C=O) groups excluding carboxylic acids is 2. The maximum absolute atomic E-state index is 12.0. The molecule has 1 aromatic carbocycles. The van der Waals surface area contributed by atoms with Crippen molar-refractivity contribution in [3.63, 3.8) is 0 Å². The van der Waals surface area contributed by atoms with E-state index in [1.807, 2.05) is 24.3 Å². The van der Waals surface area contributed by atoms with Crippen molar-refractivity contribution >= 4 is 27.8 Å². The van der Waals surface area contributed by atoms with Crippen LogP contribution >= 0.6 is 15.9 Å². The smallest absolute Gasteiger partial charge is 0.307 e. The van der Waals surface area contributed by atoms with Crippen LogP contribution < -0.4 is 5.32 Å². The zero-order valence-corrected chi connectivity index (χ0v) is 14.0. The Morgan fingerprint density at radius 2 is 2.05 bits per heavy atom. The molecule has 0 spiro atoms. The van der Waals surface area contributed by atoms with Crippen molar-refractivity contribution in [2.75, 3.05) is 26.7 Å². The summed E-state index contributed by atoms with van der Waals surface area (Å²) in [6.45, 7) is 3.34. The van der Waals surface area contributed by atoms with Crippen LogP contribution in [0.1, 0.15) is 18.9 Å². The summed E-state index contributed by atoms with van der Waals surface area (Å²) in [5, 5.41) is 2.95. The Bertz CT molecular complexity index is 480. The minimum absolute atomic E-state index is 0.0189. The van der Waals surface area contributed by atoms with Gasteiger partial charge >= 0.3 is 5.97 Å². The molecule has 1 rings (SSSR count). The highest BCUT2D eigenvalue weighted by molar-refractivity contribution is 9.10. The molecular formula is C15H21BrN2O3. The molecule has 5 nitrogen and oxygen atoms in total. The van der Waals surface area contributed by atoms with Crippen LogP contribution in [0.15, 0.2) is 28.7 Å². The van der Waals surface area contributed by atoms with E-state index in [1.54, 1.807) is 18.9 Å². The van der Waals surface area contributed by atoms with Gasteiger partial charge in [0.2, 0.25) is 5.91 Å². The van der Waals surface area contributed by atoms with Gasteiger partial charge in [-0.2, -0.15) is 0 Å². The molecule has 0 aliphatic heterocycles. The normalized spacial score (nSPS) is 10.2. The van der Waals surface area contributed by atoms with Gasteiger partial charge in [-0.1, -0.05) is 34.1 Å². The molecule has 0 aromatic heterocycles. The van der Waals surface area contributed by atoms with E-state index in [4.69, 9.17) is 4.74 Å². The number of hydrogen-bond acceptors (Lipinski definition) is 4. The van der Waals surface area contributed by atoms with Crippen molar-refractivity contribution in [2.45, 2.75) is 19.9 Å². The number of nitrogens with one attached hydrogen (secondary N) is 1. The van der Waals surface area contributed by atoms with Gasteiger partial charge in [0.1, 0.15) is 0 Å². The molecule has 0 saturated heterocycles. The van der Waals surface area contributed by atoms with Gasteiger partial charge in [0, 0.05) is 24.6 Å². The SMILES string of the molecule is CCOC(=O)CCNCC(=O)N(C)Cc1ccccc1Br. The van der Waals surface area contributed by atoms with Gasteiger partial charge in [0.05, 0.1) is 19.6 Å². The molecule has 6 heteroatoms. The van der Waals surface area contributed by atoms with Crippen LogP contribution in [0.25, 0.3) is 0 Å². The summed E-state index contributed by atoms with van der Waals surface area (Å²) in [6, 6.07) is 7.80. The summed E-state index contributed by atoms with van der Waals surface area (Å²) in [7, 11) is 1.76. The molecule has 1 amide bonds. The van der Waals surface area contributed by atoms with Gasteiger partial charge in [-0.3, -0.25) is 9.59 Å². The first-order chi connectivity index (χ1) is 10.0. The fraction of sp³-hybridized carbons (Fsp3) is 0.467. The monoisotopic (exact) mass is 356 g/mol. The number of likely N-dealkylation sites (N-methyl/N-ethyl adjacent to an activating group) is 1. The number of benzene rings is 1. The van der Waals surface area contributed by atoms with Gasteiger partial charge < -0.3 is 15.0 Å². The summed E-state index contributed by atoms with van der Waals surface area (Å²) in [5.74, 6) is -0.270. The van der Waals surface area contributed by atoms with Crippen LogP contribution in [0.3, 0.4) is 0 Å². The summed E-state index contributed by atoms with van der Waals surface area (Å²) in [5.41, 5.74) is 1.06. The Hall–Kier alpha value is -1.40. The van der Waals surface area contributed by atoms with E-state index in [1.165, 1.54) is 0 Å². The lowest BCUT2D eigenvalue weighted by Gasteiger charge is -2.18. The van der Waals surface area contributed by atoms with Gasteiger partial charge in [-0.05, 0) is 18.6 Å². The second-order valence-corrected chi connectivity index (χ2v) is 5.43. The predicted molar refractivity (Wildman–Crippen MR) is 84.7 cm³/mol. The van der Waals surface area contributed by atoms with Crippen LogP contribution in [-0.2, 0) is 20.9 Å². The molecule has 0 heterocycles. The molecule has 116 valence electrons. The van der Waals surface area contributed by atoms with Gasteiger partial charge in [0.25, 0.3) is 0 Å². The molecule has 0 bridgehead atoms. The molecule has 21 heavy (non-hydrogen) atoms. The fourth-order valence-corrected chi connectivity index (χ4v) is 2.13. The zero-order chi connectivity index (χ0) is 15.7. The number of esters is 1. The van der Waals surface area contributed by atoms with Crippen LogP contribution in [0, 0.1) is 0 Å². The summed E-state index contributed by atoms with van der Waals surface area (Å²) >= 11 is 3.46. The highest BCUT2D eigenvalue weighted by atomic mass is 79.9. The number of halogens is 1. The Balaban J connectivity index is 2.29. The molecule has 0 aliphatic carbocycles. The molecule has 0 radical (unpaired) electrons. The highest BCUT2D eigenvalue weighted by Gasteiger charge is 2.10. The number of carbonyl (C=O) groups is 2. The third-order valence-electron chi connectivity index (χ3n) is 2.88. The standard InChI is InChI=1S/C15H21BrN2O3/c1-3-21-15(20)8-9-17-10-14(19)18(2)11-12-6-4-5-7-13(12)16/h4-7,17H,3,8-11H2,1-2H3. The third-order valence-corrected chi connectivity index (χ3v) is 3.65. The Kier molecular flexibility index (Phi) is 8.00. The quantitative estimate of drug-likeness (QED) is 0.571. The Labute approximate surface area is 133 Å². The first kappa shape index (κ1) is 17.7. The summed E-state index contributed by atoms with van der Waals surface area (Å²) in [6.07, 6.45) is 0.273. The maximum atomic E-state index is 12.0. The van der Waals surface area contributed by atoms with Crippen molar-refractivity contribution in [3.8, 4) is 0 Å². The number of amides is 1. The van der Waals surface area contributed by atoms with Gasteiger partial charge in [-0.25, -0.2) is 0 Å². The fourth-order valence-electron chi connectivity index (χ4n) is 1.72. The minimum atomic E-state index is -0.251. The molecular weight excluding hydrogens is 336 g/mol. The summed E-state index contributed by atoms with van der Waals surface area (Å²) in [4.78, 5) is 24.7. The number of rotatable bonds is 8. The van der Waals surface area contributed by atoms with Crippen molar-refractivity contribution < 1.29 is 14.3 Å². The van der Waals surface area contributed by atoms with E-state index in [0.717, 1.165) is 10.0 Å². The number of nitrogens with zero attached hydrogens (tertiary/aromatic N) is 1. The lowest BCUT2D eigenvalue weighted by atomic mass is 10.2. The maximum Gasteiger partial charge on any atom is 0.307 e. The minimum Gasteiger partial charge on any atom is -0.466 e. The van der Waals surface area contributed by atoms with Crippen molar-refractivity contribution in [2.24, 2.45) is 0 Å². The van der Waals surface area contributed by atoms with Gasteiger partial charge in [-0.15, -0.1) is 0 Å². The van der Waals surface area contributed by atoms with Crippen molar-refractivity contribution in [1.82, 2.24) is 10.2 Å². The van der Waals surface area contributed by atoms with Crippen molar-refractivity contribution in [3.05, 3.63) is 34.3 Å². The largest absolute Gasteiger partial charge is 0.466 e. The topological polar surface area (TPSA) is 58.6 Å². The predicted octanol–water partition coefficient (Wildman–Crippen LogP) is 1.95. The second kappa shape index (κ2) is 9.52. The van der Waals surface area contributed by atoms with Gasteiger partial charge in [0.15, 0.2) is 0 Å². The first-order valence-corrected chi connectivity index (χ1v) is 7.67. The molecule has 0 saturated carbocycles. The summed E-state index contributed by atoms with van der Waals surface area (Å²) < 4.78 is 5.80. The zero-order valence-electron chi connectivity index (χ0n) is 12.4. The first-order valence-electron chi connectivity index (χ1n) is 6.88. The Morgan fingerprint density at radius 1 is 1.33 bits per heavy atom. The molecule has 0 atom stereocenters. The van der Waals surface area contributed by atoms with E-state index < -0.39 is 0 Å². The van der Waals surface area contributed by atoms with Crippen LogP contribution in [0.5, 0.6) is 0 Å². The molecule has 0 unspecified atom stereocenters. The van der Waals surface area contributed by atoms with Crippen LogP contribution in [0.4, 0.5) is 0 Å². The van der Waals surface area contributed by atoms with E-state index in [2.05, 4.69) is 21.2 Å². The van der Waals surface area contributed by atoms with Crippen molar-refractivity contribution in [1.29, 1.82) is 0 Å². The molecule has 1 N–H and O–H groups in total. The van der Waals surface area contributed by atoms with Crippen LogP contribution in [0.2, 0.25) is 0 Å². The third kappa shape index (κ3) is 6.73. The molecule has 1 aromatic rings. The van der Waals surface area contributed by atoms with E-state index in [9.17, 15) is 9.59 Å². The lowest BCUT2D eigenvalue weighted by Crippen LogP contribution is -2.36. The molecule has 0 fully saturated rings. The number of hydrogen-bond donors (Lipinski definition) is 1. The average Bonchev–Trinajstić information content (AvgIpc) is 2.46. The highest BCUT2D eigenvalue weighted by Crippen LogP contribution is 2.17. The van der Waals surface area contributed by atoms with E-state index in [0.29, 0.717) is 19.7 Å². The average molecular weight is 357 g/mol. The lowest BCUT2D eigenvalue weighted by molar-refractivity contribution is -0.143. The van der Waals surface area contributed by atoms with E-state index >= 15 is 0 Å².